The Morgan fingerprint density at radius 3 is 2.79 bits per heavy atom. The molecule has 128 valence electrons. The summed E-state index contributed by atoms with van der Waals surface area (Å²) < 4.78 is 24.0. The normalized spacial score (nSPS) is 10.5. The Bertz CT molecular complexity index is 724. The van der Waals surface area contributed by atoms with E-state index in [0.717, 1.165) is 0 Å². The SMILES string of the molecule is COCCOc1ccc(C(=O)NCc2cccc(Cl)c2F)c(O)c1. The summed E-state index contributed by atoms with van der Waals surface area (Å²) >= 11 is 5.69. The second-order valence-electron chi connectivity index (χ2n) is 4.92. The number of methoxy groups -OCH3 is 1. The molecule has 0 aromatic heterocycles. The maximum atomic E-state index is 13.8. The smallest absolute Gasteiger partial charge is 0.255 e. The number of aromatic hydroxyl groups is 1. The van der Waals surface area contributed by atoms with Gasteiger partial charge in [-0.25, -0.2) is 4.39 Å². The monoisotopic (exact) mass is 353 g/mol. The van der Waals surface area contributed by atoms with Gasteiger partial charge in [-0.1, -0.05) is 23.7 Å². The van der Waals surface area contributed by atoms with Gasteiger partial charge in [-0.3, -0.25) is 4.79 Å². The third-order valence-corrected chi connectivity index (χ3v) is 3.53. The average molecular weight is 354 g/mol. The minimum Gasteiger partial charge on any atom is -0.507 e. The number of phenols is 1. The molecule has 2 N–H and O–H groups in total. The summed E-state index contributed by atoms with van der Waals surface area (Å²) in [5.41, 5.74) is 0.325. The molecule has 0 atom stereocenters. The van der Waals surface area contributed by atoms with E-state index in [4.69, 9.17) is 21.1 Å². The first kappa shape index (κ1) is 18.0. The predicted octanol–water partition coefficient (Wildman–Crippen LogP) is 3.14. The van der Waals surface area contributed by atoms with E-state index in [1.54, 1.807) is 19.2 Å². The number of hydrogen-bond donors (Lipinski definition) is 2. The quantitative estimate of drug-likeness (QED) is 0.750. The Balaban J connectivity index is 2.00. The predicted molar refractivity (Wildman–Crippen MR) is 88.1 cm³/mol. The van der Waals surface area contributed by atoms with Crippen molar-refractivity contribution >= 4 is 17.5 Å². The van der Waals surface area contributed by atoms with Crippen LogP contribution in [0, 0.1) is 5.82 Å². The molecule has 2 aromatic rings. The summed E-state index contributed by atoms with van der Waals surface area (Å²) in [4.78, 5) is 12.1. The molecule has 0 aliphatic rings. The zero-order valence-corrected chi connectivity index (χ0v) is 13.8. The molecule has 0 heterocycles. The lowest BCUT2D eigenvalue weighted by Gasteiger charge is -2.10. The summed E-state index contributed by atoms with van der Waals surface area (Å²) in [5, 5.41) is 12.5. The lowest BCUT2D eigenvalue weighted by atomic mass is 10.1. The van der Waals surface area contributed by atoms with Crippen LogP contribution >= 0.6 is 11.6 Å². The molecule has 0 saturated heterocycles. The van der Waals surface area contributed by atoms with E-state index in [2.05, 4.69) is 5.32 Å². The molecule has 2 aromatic carbocycles. The summed E-state index contributed by atoms with van der Waals surface area (Å²) in [6.07, 6.45) is 0. The number of rotatable bonds is 7. The molecule has 0 spiro atoms. The first-order valence-electron chi connectivity index (χ1n) is 7.18. The first-order valence-corrected chi connectivity index (χ1v) is 7.56. The molecule has 0 bridgehead atoms. The molecular weight excluding hydrogens is 337 g/mol. The van der Waals surface area contributed by atoms with Crippen LogP contribution in [0.15, 0.2) is 36.4 Å². The molecule has 0 unspecified atom stereocenters. The van der Waals surface area contributed by atoms with Crippen LogP contribution < -0.4 is 10.1 Å². The van der Waals surface area contributed by atoms with Gasteiger partial charge in [0.1, 0.15) is 23.9 Å². The van der Waals surface area contributed by atoms with Gasteiger partial charge in [0.05, 0.1) is 17.2 Å². The lowest BCUT2D eigenvalue weighted by molar-refractivity contribution is 0.0947. The summed E-state index contributed by atoms with van der Waals surface area (Å²) in [6.45, 7) is 0.695. The van der Waals surface area contributed by atoms with Crippen molar-refractivity contribution in [3.63, 3.8) is 0 Å². The van der Waals surface area contributed by atoms with E-state index in [9.17, 15) is 14.3 Å². The molecule has 0 fully saturated rings. The van der Waals surface area contributed by atoms with Gasteiger partial charge in [0, 0.05) is 25.3 Å². The van der Waals surface area contributed by atoms with Gasteiger partial charge < -0.3 is 19.9 Å². The second kappa shape index (κ2) is 8.52. The fourth-order valence-electron chi connectivity index (χ4n) is 1.99. The van der Waals surface area contributed by atoms with Gasteiger partial charge in [0.2, 0.25) is 0 Å². The van der Waals surface area contributed by atoms with Crippen LogP contribution in [0.4, 0.5) is 4.39 Å². The molecule has 0 radical (unpaired) electrons. The number of carbonyl (C=O) groups excluding carboxylic acids is 1. The van der Waals surface area contributed by atoms with Crippen molar-refractivity contribution in [1.82, 2.24) is 5.32 Å². The highest BCUT2D eigenvalue weighted by molar-refractivity contribution is 6.30. The molecule has 2 rings (SSSR count). The van der Waals surface area contributed by atoms with Gasteiger partial charge >= 0.3 is 0 Å². The van der Waals surface area contributed by atoms with Crippen LogP contribution in [0.1, 0.15) is 15.9 Å². The minimum atomic E-state index is -0.578. The van der Waals surface area contributed by atoms with Crippen molar-refractivity contribution in [2.24, 2.45) is 0 Å². The number of nitrogens with one attached hydrogen (secondary N) is 1. The Hall–Kier alpha value is -2.31. The minimum absolute atomic E-state index is 0.0119. The van der Waals surface area contributed by atoms with Crippen molar-refractivity contribution in [3.8, 4) is 11.5 Å². The number of ether oxygens (including phenoxy) is 2. The van der Waals surface area contributed by atoms with Gasteiger partial charge in [-0.15, -0.1) is 0 Å². The average Bonchev–Trinajstić information content (AvgIpc) is 2.56. The van der Waals surface area contributed by atoms with Crippen LogP contribution in [-0.4, -0.2) is 31.3 Å². The van der Waals surface area contributed by atoms with Crippen molar-refractivity contribution in [2.45, 2.75) is 6.54 Å². The fourth-order valence-corrected chi connectivity index (χ4v) is 2.19. The summed E-state index contributed by atoms with van der Waals surface area (Å²) in [6, 6.07) is 8.87. The van der Waals surface area contributed by atoms with Gasteiger partial charge in [0.15, 0.2) is 0 Å². The van der Waals surface area contributed by atoms with E-state index in [-0.39, 0.29) is 28.4 Å². The van der Waals surface area contributed by atoms with Crippen molar-refractivity contribution in [3.05, 3.63) is 58.4 Å². The zero-order chi connectivity index (χ0) is 17.5. The molecule has 0 saturated carbocycles. The highest BCUT2D eigenvalue weighted by atomic mass is 35.5. The Labute approximate surface area is 144 Å². The van der Waals surface area contributed by atoms with Crippen LogP contribution in [0.2, 0.25) is 5.02 Å². The summed E-state index contributed by atoms with van der Waals surface area (Å²) in [5.74, 6) is -0.920. The van der Waals surface area contributed by atoms with E-state index >= 15 is 0 Å². The van der Waals surface area contributed by atoms with Gasteiger partial charge in [-0.2, -0.15) is 0 Å². The van der Waals surface area contributed by atoms with Crippen LogP contribution in [0.25, 0.3) is 0 Å². The molecule has 1 amide bonds. The Morgan fingerprint density at radius 1 is 1.29 bits per heavy atom. The third kappa shape index (κ3) is 4.59. The second-order valence-corrected chi connectivity index (χ2v) is 5.32. The molecule has 7 heteroatoms. The first-order chi connectivity index (χ1) is 11.5. The standard InChI is InChI=1S/C17H17ClFNO4/c1-23-7-8-24-12-5-6-13(15(21)9-12)17(22)20-10-11-3-2-4-14(18)16(11)19/h2-6,9,21H,7-8,10H2,1H3,(H,20,22). The highest BCUT2D eigenvalue weighted by Crippen LogP contribution is 2.24. The van der Waals surface area contributed by atoms with Gasteiger partial charge in [-0.05, 0) is 18.2 Å². The van der Waals surface area contributed by atoms with Crippen LogP contribution in [0.5, 0.6) is 11.5 Å². The number of carbonyl (C=O) groups is 1. The maximum absolute atomic E-state index is 13.8. The largest absolute Gasteiger partial charge is 0.507 e. The maximum Gasteiger partial charge on any atom is 0.255 e. The van der Waals surface area contributed by atoms with Crippen LogP contribution in [0.3, 0.4) is 0 Å². The summed E-state index contributed by atoms with van der Waals surface area (Å²) in [7, 11) is 1.55. The molecular formula is C17H17ClFNO4. The van der Waals surface area contributed by atoms with E-state index in [0.29, 0.717) is 19.0 Å². The molecule has 0 aliphatic carbocycles. The third-order valence-electron chi connectivity index (χ3n) is 3.24. The van der Waals surface area contributed by atoms with E-state index < -0.39 is 11.7 Å². The van der Waals surface area contributed by atoms with Crippen molar-refractivity contribution in [2.75, 3.05) is 20.3 Å². The van der Waals surface area contributed by atoms with E-state index in [1.165, 1.54) is 24.3 Å². The molecule has 24 heavy (non-hydrogen) atoms. The zero-order valence-electron chi connectivity index (χ0n) is 13.0. The Kier molecular flexibility index (Phi) is 6.40. The fraction of sp³-hybridized carbons (Fsp3) is 0.235. The number of amides is 1. The molecule has 0 aliphatic heterocycles. The van der Waals surface area contributed by atoms with Crippen molar-refractivity contribution < 1.29 is 23.8 Å². The lowest BCUT2D eigenvalue weighted by Crippen LogP contribution is -2.23. The van der Waals surface area contributed by atoms with Gasteiger partial charge in [0.25, 0.3) is 5.91 Å². The highest BCUT2D eigenvalue weighted by Gasteiger charge is 2.13. The van der Waals surface area contributed by atoms with Crippen LogP contribution in [-0.2, 0) is 11.3 Å². The number of hydrogen-bond acceptors (Lipinski definition) is 4. The topological polar surface area (TPSA) is 67.8 Å². The number of halogens is 2. The Morgan fingerprint density at radius 2 is 2.08 bits per heavy atom. The van der Waals surface area contributed by atoms with Crippen molar-refractivity contribution in [1.29, 1.82) is 0 Å². The molecule has 5 nitrogen and oxygen atoms in total. The number of phenolic OH excluding ortho intramolecular Hbond substituents is 1. The number of benzene rings is 2. The van der Waals surface area contributed by atoms with E-state index in [1.807, 2.05) is 0 Å².